The van der Waals surface area contributed by atoms with Gasteiger partial charge in [-0.2, -0.15) is 13.2 Å². The van der Waals surface area contributed by atoms with Crippen molar-refractivity contribution in [3.63, 3.8) is 0 Å². The number of hydrogen-bond donors (Lipinski definition) is 0. The molecule has 1 aromatic heterocycles. The van der Waals surface area contributed by atoms with Crippen molar-refractivity contribution < 1.29 is 13.2 Å². The van der Waals surface area contributed by atoms with E-state index in [-0.39, 0.29) is 17.0 Å². The van der Waals surface area contributed by atoms with E-state index in [0.717, 1.165) is 18.6 Å². The highest BCUT2D eigenvalue weighted by Crippen LogP contribution is 2.32. The Hall–Kier alpha value is -0.970. The number of halogens is 4. The minimum absolute atomic E-state index is 0.0991. The molecule has 0 saturated carbocycles. The number of pyridine rings is 1. The molecule has 0 radical (unpaired) electrons. The second-order valence-electron chi connectivity index (χ2n) is 3.90. The van der Waals surface area contributed by atoms with E-state index in [1.807, 2.05) is 13.8 Å². The smallest absolute Gasteiger partial charge is 0.357 e. The van der Waals surface area contributed by atoms with Gasteiger partial charge in [0.2, 0.25) is 0 Å². The van der Waals surface area contributed by atoms with Gasteiger partial charge in [0.25, 0.3) is 0 Å². The van der Waals surface area contributed by atoms with Gasteiger partial charge in [-0.15, -0.1) is 0 Å². The van der Waals surface area contributed by atoms with Crippen LogP contribution in [0.15, 0.2) is 12.1 Å². The third kappa shape index (κ3) is 3.49. The van der Waals surface area contributed by atoms with Gasteiger partial charge in [-0.1, -0.05) is 18.5 Å². The standard InChI is InChI=1S/C11H14ClF3N2/c1-4-7(2)17(3)10-6-8(11(13,14)15)5-9(12)16-10/h5-7H,4H2,1-3H3. The molecule has 1 rings (SSSR count). The van der Waals surface area contributed by atoms with Crippen LogP contribution in [0.1, 0.15) is 25.8 Å². The first-order valence-corrected chi connectivity index (χ1v) is 5.61. The summed E-state index contributed by atoms with van der Waals surface area (Å²) in [4.78, 5) is 5.59. The summed E-state index contributed by atoms with van der Waals surface area (Å²) >= 11 is 5.61. The number of anilines is 1. The van der Waals surface area contributed by atoms with Crippen molar-refractivity contribution >= 4 is 17.4 Å². The first-order chi connectivity index (χ1) is 7.75. The van der Waals surface area contributed by atoms with Gasteiger partial charge in [0, 0.05) is 13.1 Å². The first kappa shape index (κ1) is 14.1. The summed E-state index contributed by atoms with van der Waals surface area (Å²) < 4.78 is 37.8. The van der Waals surface area contributed by atoms with E-state index < -0.39 is 11.7 Å². The average Bonchev–Trinajstić information content (AvgIpc) is 2.25. The number of hydrogen-bond acceptors (Lipinski definition) is 2. The van der Waals surface area contributed by atoms with E-state index in [0.29, 0.717) is 0 Å². The predicted molar refractivity (Wildman–Crippen MR) is 62.4 cm³/mol. The van der Waals surface area contributed by atoms with Crippen LogP contribution in [0, 0.1) is 0 Å². The average molecular weight is 267 g/mol. The Labute approximate surface area is 103 Å². The molecule has 0 saturated heterocycles. The topological polar surface area (TPSA) is 16.1 Å². The Morgan fingerprint density at radius 3 is 2.47 bits per heavy atom. The van der Waals surface area contributed by atoms with Crippen LogP contribution in [0.2, 0.25) is 5.15 Å². The molecule has 1 unspecified atom stereocenters. The van der Waals surface area contributed by atoms with Gasteiger partial charge in [0.05, 0.1) is 5.56 Å². The lowest BCUT2D eigenvalue weighted by atomic mass is 10.2. The molecule has 0 N–H and O–H groups in total. The molecule has 2 nitrogen and oxygen atoms in total. The molecule has 1 heterocycles. The van der Waals surface area contributed by atoms with Crippen molar-refractivity contribution in [3.05, 3.63) is 22.8 Å². The lowest BCUT2D eigenvalue weighted by Crippen LogP contribution is -2.29. The highest BCUT2D eigenvalue weighted by atomic mass is 35.5. The molecular formula is C11H14ClF3N2. The van der Waals surface area contributed by atoms with E-state index in [9.17, 15) is 13.2 Å². The zero-order valence-electron chi connectivity index (χ0n) is 9.85. The summed E-state index contributed by atoms with van der Waals surface area (Å²) in [5, 5.41) is -0.148. The van der Waals surface area contributed by atoms with Crippen LogP contribution >= 0.6 is 11.6 Å². The molecule has 0 amide bonds. The first-order valence-electron chi connectivity index (χ1n) is 5.23. The summed E-state index contributed by atoms with van der Waals surface area (Å²) in [6.45, 7) is 3.87. The van der Waals surface area contributed by atoms with Gasteiger partial charge in [0.1, 0.15) is 11.0 Å². The van der Waals surface area contributed by atoms with Crippen LogP contribution in [-0.2, 0) is 6.18 Å². The van der Waals surface area contributed by atoms with Gasteiger partial charge in [-0.25, -0.2) is 4.98 Å². The molecule has 0 aromatic carbocycles. The van der Waals surface area contributed by atoms with Crippen LogP contribution in [0.4, 0.5) is 19.0 Å². The Morgan fingerprint density at radius 2 is 2.00 bits per heavy atom. The fraction of sp³-hybridized carbons (Fsp3) is 0.545. The van der Waals surface area contributed by atoms with E-state index >= 15 is 0 Å². The van der Waals surface area contributed by atoms with Gasteiger partial charge >= 0.3 is 6.18 Å². The third-order valence-corrected chi connectivity index (χ3v) is 2.91. The van der Waals surface area contributed by atoms with Gasteiger partial charge in [0.15, 0.2) is 0 Å². The van der Waals surface area contributed by atoms with Gasteiger partial charge in [-0.3, -0.25) is 0 Å². The Morgan fingerprint density at radius 1 is 1.41 bits per heavy atom. The normalized spacial score (nSPS) is 13.6. The van der Waals surface area contributed by atoms with Crippen molar-refractivity contribution in [2.75, 3.05) is 11.9 Å². The molecule has 0 aliphatic heterocycles. The van der Waals surface area contributed by atoms with Crippen molar-refractivity contribution in [1.29, 1.82) is 0 Å². The van der Waals surface area contributed by atoms with E-state index in [1.165, 1.54) is 0 Å². The van der Waals surface area contributed by atoms with Crippen molar-refractivity contribution in [3.8, 4) is 0 Å². The highest BCUT2D eigenvalue weighted by molar-refractivity contribution is 6.29. The summed E-state index contributed by atoms with van der Waals surface area (Å²) in [7, 11) is 1.70. The third-order valence-electron chi connectivity index (χ3n) is 2.72. The molecule has 6 heteroatoms. The summed E-state index contributed by atoms with van der Waals surface area (Å²) in [5.41, 5.74) is -0.775. The number of nitrogens with zero attached hydrogens (tertiary/aromatic N) is 2. The molecule has 17 heavy (non-hydrogen) atoms. The maximum atomic E-state index is 12.6. The molecule has 0 aliphatic rings. The van der Waals surface area contributed by atoms with E-state index in [4.69, 9.17) is 11.6 Å². The molecule has 0 spiro atoms. The fourth-order valence-electron chi connectivity index (χ4n) is 1.33. The molecule has 0 bridgehead atoms. The highest BCUT2D eigenvalue weighted by Gasteiger charge is 2.32. The van der Waals surface area contributed by atoms with Gasteiger partial charge in [-0.05, 0) is 25.5 Å². The summed E-state index contributed by atoms with van der Waals surface area (Å²) in [5.74, 6) is 0.235. The zero-order valence-corrected chi connectivity index (χ0v) is 10.6. The minimum atomic E-state index is -4.41. The SMILES string of the molecule is CCC(C)N(C)c1cc(C(F)(F)F)cc(Cl)n1. The second kappa shape index (κ2) is 5.12. The van der Waals surface area contributed by atoms with Crippen LogP contribution in [0.3, 0.4) is 0 Å². The summed E-state index contributed by atoms with van der Waals surface area (Å²) in [6, 6.07) is 1.94. The minimum Gasteiger partial charge on any atom is -0.357 e. The zero-order chi connectivity index (χ0) is 13.2. The maximum absolute atomic E-state index is 12.6. The number of rotatable bonds is 3. The van der Waals surface area contributed by atoms with Crippen LogP contribution in [-0.4, -0.2) is 18.1 Å². The molecular weight excluding hydrogens is 253 g/mol. The molecule has 0 fully saturated rings. The van der Waals surface area contributed by atoms with Crippen molar-refractivity contribution in [1.82, 2.24) is 4.98 Å². The largest absolute Gasteiger partial charge is 0.416 e. The van der Waals surface area contributed by atoms with Gasteiger partial charge < -0.3 is 4.90 Å². The number of alkyl halides is 3. The lowest BCUT2D eigenvalue weighted by Gasteiger charge is -2.25. The number of aromatic nitrogens is 1. The van der Waals surface area contributed by atoms with Crippen molar-refractivity contribution in [2.45, 2.75) is 32.5 Å². The molecule has 1 aromatic rings. The molecule has 0 aliphatic carbocycles. The Kier molecular flexibility index (Phi) is 4.25. The summed E-state index contributed by atoms with van der Waals surface area (Å²) in [6.07, 6.45) is -3.59. The van der Waals surface area contributed by atoms with Crippen LogP contribution < -0.4 is 4.90 Å². The lowest BCUT2D eigenvalue weighted by molar-refractivity contribution is -0.137. The van der Waals surface area contributed by atoms with Crippen LogP contribution in [0.5, 0.6) is 0 Å². The molecule has 1 atom stereocenters. The van der Waals surface area contributed by atoms with Crippen molar-refractivity contribution in [2.24, 2.45) is 0 Å². The Balaban J connectivity index is 3.14. The Bertz CT molecular complexity index is 393. The second-order valence-corrected chi connectivity index (χ2v) is 4.29. The van der Waals surface area contributed by atoms with E-state index in [1.54, 1.807) is 11.9 Å². The fourth-order valence-corrected chi connectivity index (χ4v) is 1.53. The maximum Gasteiger partial charge on any atom is 0.416 e. The predicted octanol–water partition coefficient (Wildman–Crippen LogP) is 3.99. The van der Waals surface area contributed by atoms with E-state index in [2.05, 4.69) is 4.98 Å². The molecule has 96 valence electrons. The quantitative estimate of drug-likeness (QED) is 0.769. The van der Waals surface area contributed by atoms with Crippen LogP contribution in [0.25, 0.3) is 0 Å². The monoisotopic (exact) mass is 266 g/mol.